The molecule has 2 heterocycles. The molecule has 0 spiro atoms. The Morgan fingerprint density at radius 3 is 2.79 bits per heavy atom. The quantitative estimate of drug-likeness (QED) is 0.920. The topological polar surface area (TPSA) is 76.5 Å². The van der Waals surface area contributed by atoms with Gasteiger partial charge in [-0.25, -0.2) is 8.42 Å². The van der Waals surface area contributed by atoms with Crippen LogP contribution in [0.4, 0.5) is 0 Å². The first-order chi connectivity index (χ1) is 8.95. The molecule has 108 valence electrons. The molecule has 6 heteroatoms. The molecule has 1 aromatic rings. The number of furan rings is 1. The van der Waals surface area contributed by atoms with Crippen LogP contribution in [0.25, 0.3) is 0 Å². The van der Waals surface area contributed by atoms with E-state index in [1.54, 1.807) is 17.3 Å². The van der Waals surface area contributed by atoms with Gasteiger partial charge in [-0.05, 0) is 32.1 Å². The third-order valence-electron chi connectivity index (χ3n) is 3.72. The molecule has 0 amide bonds. The molecule has 2 N–H and O–H groups in total. The summed E-state index contributed by atoms with van der Waals surface area (Å²) in [6.07, 6.45) is 2.92. The molecule has 2 rings (SSSR count). The second-order valence-corrected chi connectivity index (χ2v) is 7.18. The summed E-state index contributed by atoms with van der Waals surface area (Å²) < 4.78 is 32.2. The van der Waals surface area contributed by atoms with Crippen molar-refractivity contribution in [2.75, 3.05) is 13.1 Å². The summed E-state index contributed by atoms with van der Waals surface area (Å²) in [5.74, 6) is 1.53. The second kappa shape index (κ2) is 5.64. The zero-order chi connectivity index (χ0) is 14.0. The molecule has 1 saturated heterocycles. The molecule has 0 aromatic carbocycles. The van der Waals surface area contributed by atoms with Gasteiger partial charge in [0.15, 0.2) is 0 Å². The number of nitrogens with zero attached hydrogens (tertiary/aromatic N) is 1. The lowest BCUT2D eigenvalue weighted by atomic mass is 10.0. The van der Waals surface area contributed by atoms with Crippen molar-refractivity contribution in [3.63, 3.8) is 0 Å². The van der Waals surface area contributed by atoms with E-state index in [9.17, 15) is 8.42 Å². The van der Waals surface area contributed by atoms with Gasteiger partial charge in [0.1, 0.15) is 16.4 Å². The maximum Gasteiger partial charge on any atom is 0.246 e. The fourth-order valence-corrected chi connectivity index (χ4v) is 4.18. The summed E-state index contributed by atoms with van der Waals surface area (Å²) in [6, 6.07) is 1.55. The highest BCUT2D eigenvalue weighted by Crippen LogP contribution is 2.26. The van der Waals surface area contributed by atoms with Crippen LogP contribution in [0, 0.1) is 12.8 Å². The lowest BCUT2D eigenvalue weighted by molar-refractivity contribution is 0.414. The summed E-state index contributed by atoms with van der Waals surface area (Å²) in [5.41, 5.74) is 5.49. The molecule has 19 heavy (non-hydrogen) atoms. The van der Waals surface area contributed by atoms with Crippen molar-refractivity contribution >= 4 is 10.0 Å². The normalized spacial score (nSPS) is 22.4. The van der Waals surface area contributed by atoms with E-state index in [0.29, 0.717) is 30.5 Å². The lowest BCUT2D eigenvalue weighted by Crippen LogP contribution is -2.32. The van der Waals surface area contributed by atoms with Gasteiger partial charge in [-0.1, -0.05) is 6.92 Å². The van der Waals surface area contributed by atoms with Crippen molar-refractivity contribution in [3.05, 3.63) is 17.6 Å². The van der Waals surface area contributed by atoms with Crippen molar-refractivity contribution in [3.8, 4) is 0 Å². The van der Waals surface area contributed by atoms with Gasteiger partial charge in [-0.3, -0.25) is 0 Å². The molecule has 1 atom stereocenters. The Kier molecular flexibility index (Phi) is 4.32. The molecule has 0 radical (unpaired) electrons. The minimum absolute atomic E-state index is 0.216. The Morgan fingerprint density at radius 1 is 1.42 bits per heavy atom. The average Bonchev–Trinajstić information content (AvgIpc) is 2.60. The highest BCUT2D eigenvalue weighted by molar-refractivity contribution is 7.89. The van der Waals surface area contributed by atoms with E-state index in [1.807, 2.05) is 0 Å². The fourth-order valence-electron chi connectivity index (χ4n) is 2.50. The summed E-state index contributed by atoms with van der Waals surface area (Å²) in [6.45, 7) is 5.24. The molecule has 1 unspecified atom stereocenters. The van der Waals surface area contributed by atoms with Crippen LogP contribution in [0.1, 0.15) is 37.7 Å². The van der Waals surface area contributed by atoms with Gasteiger partial charge in [0.25, 0.3) is 0 Å². The van der Waals surface area contributed by atoms with Crippen molar-refractivity contribution in [2.24, 2.45) is 11.7 Å². The van der Waals surface area contributed by atoms with Crippen molar-refractivity contribution in [2.45, 2.75) is 44.6 Å². The Hall–Kier alpha value is -0.850. The molecule has 0 bridgehead atoms. The molecule has 0 saturated carbocycles. The van der Waals surface area contributed by atoms with Crippen LogP contribution in [0.5, 0.6) is 0 Å². The highest BCUT2D eigenvalue weighted by Gasteiger charge is 2.29. The summed E-state index contributed by atoms with van der Waals surface area (Å²) in [5, 5.41) is 0. The standard InChI is InChI=1S/C13H22N2O3S/c1-10-4-3-6-15(7-5-10)19(16,17)13-8-12(9-14)18-11(13)2/h8,10H,3-7,9,14H2,1-2H3. The zero-order valence-electron chi connectivity index (χ0n) is 11.6. The number of hydrogen-bond acceptors (Lipinski definition) is 4. The van der Waals surface area contributed by atoms with Gasteiger partial charge in [0, 0.05) is 19.2 Å². The number of aryl methyl sites for hydroxylation is 1. The first kappa shape index (κ1) is 14.6. The van der Waals surface area contributed by atoms with Crippen LogP contribution >= 0.6 is 0 Å². The maximum absolute atomic E-state index is 12.6. The van der Waals surface area contributed by atoms with Crippen molar-refractivity contribution < 1.29 is 12.8 Å². The molecule has 0 aliphatic carbocycles. The van der Waals surface area contributed by atoms with Gasteiger partial charge in [-0.15, -0.1) is 0 Å². The molecular formula is C13H22N2O3S. The fraction of sp³-hybridized carbons (Fsp3) is 0.692. The van der Waals surface area contributed by atoms with E-state index in [2.05, 4.69) is 6.92 Å². The van der Waals surface area contributed by atoms with Gasteiger partial charge in [0.2, 0.25) is 10.0 Å². The van der Waals surface area contributed by atoms with E-state index in [4.69, 9.17) is 10.2 Å². The smallest absolute Gasteiger partial charge is 0.246 e. The van der Waals surface area contributed by atoms with Crippen LogP contribution in [0.2, 0.25) is 0 Å². The lowest BCUT2D eigenvalue weighted by Gasteiger charge is -2.19. The van der Waals surface area contributed by atoms with Gasteiger partial charge < -0.3 is 10.2 Å². The SMILES string of the molecule is Cc1oc(CN)cc1S(=O)(=O)N1CCCC(C)CC1. The van der Waals surface area contributed by atoms with Crippen LogP contribution in [-0.2, 0) is 16.6 Å². The molecule has 1 fully saturated rings. The van der Waals surface area contributed by atoms with E-state index >= 15 is 0 Å². The number of sulfonamides is 1. The van der Waals surface area contributed by atoms with Crippen LogP contribution in [-0.4, -0.2) is 25.8 Å². The summed E-state index contributed by atoms with van der Waals surface area (Å²) >= 11 is 0. The molecule has 1 aromatic heterocycles. The maximum atomic E-state index is 12.6. The minimum Gasteiger partial charge on any atom is -0.464 e. The third-order valence-corrected chi connectivity index (χ3v) is 5.72. The number of rotatable bonds is 3. The molecule has 1 aliphatic rings. The monoisotopic (exact) mass is 286 g/mol. The van der Waals surface area contributed by atoms with E-state index in [1.165, 1.54) is 0 Å². The Morgan fingerprint density at radius 2 is 2.16 bits per heavy atom. The first-order valence-electron chi connectivity index (χ1n) is 6.74. The minimum atomic E-state index is -3.44. The zero-order valence-corrected chi connectivity index (χ0v) is 12.4. The van der Waals surface area contributed by atoms with Gasteiger partial charge >= 0.3 is 0 Å². The average molecular weight is 286 g/mol. The third kappa shape index (κ3) is 3.01. The van der Waals surface area contributed by atoms with E-state index in [-0.39, 0.29) is 11.4 Å². The summed E-state index contributed by atoms with van der Waals surface area (Å²) in [4.78, 5) is 0.266. The van der Waals surface area contributed by atoms with E-state index < -0.39 is 10.0 Å². The number of hydrogen-bond donors (Lipinski definition) is 1. The van der Waals surface area contributed by atoms with Crippen molar-refractivity contribution in [1.29, 1.82) is 0 Å². The van der Waals surface area contributed by atoms with Crippen LogP contribution in [0.15, 0.2) is 15.4 Å². The molecule has 5 nitrogen and oxygen atoms in total. The predicted molar refractivity (Wildman–Crippen MR) is 73.1 cm³/mol. The highest BCUT2D eigenvalue weighted by atomic mass is 32.2. The van der Waals surface area contributed by atoms with E-state index in [0.717, 1.165) is 19.3 Å². The Labute approximate surface area is 114 Å². The first-order valence-corrected chi connectivity index (χ1v) is 8.18. The van der Waals surface area contributed by atoms with Crippen LogP contribution < -0.4 is 5.73 Å². The second-order valence-electron chi connectivity index (χ2n) is 5.28. The molecular weight excluding hydrogens is 264 g/mol. The molecule has 1 aliphatic heterocycles. The Bertz CT molecular complexity index is 536. The summed E-state index contributed by atoms with van der Waals surface area (Å²) in [7, 11) is -3.44. The van der Waals surface area contributed by atoms with Crippen molar-refractivity contribution in [1.82, 2.24) is 4.31 Å². The Balaban J connectivity index is 2.28. The van der Waals surface area contributed by atoms with Gasteiger partial charge in [0.05, 0.1) is 6.54 Å². The number of nitrogens with two attached hydrogens (primary N) is 1. The predicted octanol–water partition coefficient (Wildman–Crippen LogP) is 1.86. The largest absolute Gasteiger partial charge is 0.464 e. The van der Waals surface area contributed by atoms with Gasteiger partial charge in [-0.2, -0.15) is 4.31 Å². The van der Waals surface area contributed by atoms with Crippen LogP contribution in [0.3, 0.4) is 0 Å².